The number of rotatable bonds is 9. The molecule has 2 unspecified atom stereocenters. The van der Waals surface area contributed by atoms with Crippen molar-refractivity contribution in [3.05, 3.63) is 0 Å². The molecular formula is C12H24Na2O11S2. The Bertz CT molecular complexity index is 593. The van der Waals surface area contributed by atoms with E-state index in [4.69, 9.17) is 32.3 Å². The minimum absolute atomic E-state index is 0. The Labute approximate surface area is 199 Å². The first-order chi connectivity index (χ1) is 11.6. The Morgan fingerprint density at radius 3 is 1.63 bits per heavy atom. The van der Waals surface area contributed by atoms with Gasteiger partial charge in [0, 0.05) is 0 Å². The summed E-state index contributed by atoms with van der Waals surface area (Å²) in [4.78, 5) is 20.0. The van der Waals surface area contributed by atoms with Crippen LogP contribution >= 0.6 is 0 Å². The number of carboxylic acids is 2. The molecule has 0 radical (unpaired) electrons. The molecule has 0 saturated carbocycles. The predicted octanol–water partition coefficient (Wildman–Crippen LogP) is -2.40. The van der Waals surface area contributed by atoms with Gasteiger partial charge < -0.3 is 14.8 Å². The van der Waals surface area contributed by atoms with E-state index in [9.17, 15) is 18.0 Å². The van der Waals surface area contributed by atoms with E-state index in [1.54, 1.807) is 0 Å². The summed E-state index contributed by atoms with van der Waals surface area (Å²) in [5, 5.41) is 13.9. The molecule has 0 rings (SSSR count). The van der Waals surface area contributed by atoms with Gasteiger partial charge in [-0.1, -0.05) is 0 Å². The zero-order valence-corrected chi connectivity index (χ0v) is 21.5. The van der Waals surface area contributed by atoms with Gasteiger partial charge in [-0.05, 0) is 0 Å². The molecule has 0 aromatic carbocycles. The van der Waals surface area contributed by atoms with Gasteiger partial charge in [0.1, 0.15) is 0 Å². The quantitative estimate of drug-likeness (QED) is 0.164. The van der Waals surface area contributed by atoms with Crippen LogP contribution in [0.5, 0.6) is 0 Å². The third kappa shape index (κ3) is 31.6. The minimum Gasteiger partial charge on any atom is -0.726 e. The van der Waals surface area contributed by atoms with Crippen LogP contribution in [-0.2, 0) is 30.1 Å². The van der Waals surface area contributed by atoms with Crippen molar-refractivity contribution in [1.82, 2.24) is 0 Å². The van der Waals surface area contributed by atoms with Crippen LogP contribution in [0.25, 0.3) is 0 Å². The van der Waals surface area contributed by atoms with Gasteiger partial charge in [0.2, 0.25) is 10.4 Å². The molecule has 11 nitrogen and oxygen atoms in total. The van der Waals surface area contributed by atoms with Gasteiger partial charge in [-0.25, -0.2) is 8.42 Å². The Kier molecular flexibility index (Phi) is 24.4. The third-order valence-electron chi connectivity index (χ3n) is 3.12. The Hall–Kier alpha value is 0.720. The van der Waals surface area contributed by atoms with E-state index in [1.807, 2.05) is 0 Å². The van der Waals surface area contributed by atoms with Gasteiger partial charge in [0.15, 0.2) is 5.25 Å². The van der Waals surface area contributed by atoms with Crippen LogP contribution in [0.2, 0.25) is 3.67 Å². The fourth-order valence-corrected chi connectivity index (χ4v) is 3.26. The van der Waals surface area contributed by atoms with Crippen molar-refractivity contribution in [3.8, 4) is 0 Å². The summed E-state index contributed by atoms with van der Waals surface area (Å²) in [7, 11) is -9.76. The maximum atomic E-state index is 10.2. The van der Waals surface area contributed by atoms with Crippen LogP contribution < -0.4 is 29.6 Å². The molecular weight excluding hydrogens is 430 g/mol. The number of hydrogen-bond acceptors (Lipinski definition) is 7. The van der Waals surface area contributed by atoms with Crippen molar-refractivity contribution in [2.75, 3.05) is 0 Å². The molecule has 152 valence electrons. The second-order valence-electron chi connectivity index (χ2n) is 5.19. The van der Waals surface area contributed by atoms with Gasteiger partial charge >= 0.3 is 119 Å². The van der Waals surface area contributed by atoms with Crippen LogP contribution in [0.15, 0.2) is 0 Å². The average Bonchev–Trinajstić information content (AvgIpc) is 2.43. The van der Waals surface area contributed by atoms with Crippen LogP contribution in [0, 0.1) is 5.92 Å². The molecule has 0 heterocycles. The molecule has 0 bridgehead atoms. The van der Waals surface area contributed by atoms with Gasteiger partial charge in [0.25, 0.3) is 10.1 Å². The minimum atomic E-state index is -4.92. The maximum Gasteiger partial charge on any atom is 1.00 e. The van der Waals surface area contributed by atoms with Crippen molar-refractivity contribution in [1.29, 1.82) is 0 Å². The first kappa shape index (κ1) is 35.2. The van der Waals surface area contributed by atoms with Crippen LogP contribution in [0.3, 0.4) is 0 Å². The Balaban J connectivity index is -0.000000156. The molecule has 15 heteroatoms. The summed E-state index contributed by atoms with van der Waals surface area (Å²) >= 11 is 1.40. The van der Waals surface area contributed by atoms with Crippen molar-refractivity contribution in [3.63, 3.8) is 0 Å². The van der Waals surface area contributed by atoms with E-state index in [1.165, 1.54) is 57.3 Å². The summed E-state index contributed by atoms with van der Waals surface area (Å²) in [6.45, 7) is 4.60. The van der Waals surface area contributed by atoms with Crippen LogP contribution in [-0.4, -0.2) is 85.8 Å². The van der Waals surface area contributed by atoms with E-state index in [0.29, 0.717) is 0 Å². The Morgan fingerprint density at radius 1 is 1.07 bits per heavy atom. The van der Waals surface area contributed by atoms with E-state index in [-0.39, 0.29) is 29.6 Å². The Morgan fingerprint density at radius 2 is 1.48 bits per heavy atom. The number of hydrogen-bond donors (Lipinski definition) is 4. The normalized spacial score (nSPS) is 12.9. The molecule has 0 amide bonds. The molecule has 0 fully saturated rings. The number of aliphatic carboxylic acids is 2. The zero-order chi connectivity index (χ0) is 21.6. The fourth-order valence-electron chi connectivity index (χ4n) is 1.67. The van der Waals surface area contributed by atoms with E-state index < -0.39 is 44.1 Å². The smallest absolute Gasteiger partial charge is 0.726 e. The topological polar surface area (TPSA) is 206 Å². The molecule has 0 aromatic heterocycles. The summed E-state index contributed by atoms with van der Waals surface area (Å²) in [5.41, 5.74) is 0. The second-order valence-corrected chi connectivity index (χ2v) is 8.46. The van der Waals surface area contributed by atoms with E-state index in [2.05, 4.69) is 13.8 Å². The van der Waals surface area contributed by atoms with Crippen molar-refractivity contribution >= 4 is 60.4 Å². The molecule has 4 N–H and O–H groups in total. The van der Waals surface area contributed by atoms with Gasteiger partial charge in [0.05, 0.1) is 6.42 Å². The average molecular weight is 454 g/mol. The number of unbranched alkanes of at least 4 members (excludes halogenated alkanes) is 1. The van der Waals surface area contributed by atoms with E-state index in [0.717, 1.165) is 5.92 Å². The van der Waals surface area contributed by atoms with Gasteiger partial charge in [-0.3, -0.25) is 18.7 Å². The number of carboxylic acid groups (broad SMARTS) is 2. The standard InChI is InChI=1S/C8H17.C4H6O7S.2Na.H2O4S/c1-4-6-7-8(3)5-2;5-3(6)1-2(4(7)8)12(9,10)11;;;1-5(2,3)4/h8H,3-7H2,1-2H3;2H,1H2,(H,5,6)(H,7,8)(H,9,10,11);;;(H2,1,2,3,4)/q;;;+1;/p-1. The number of carbonyl (C=O) groups is 2. The van der Waals surface area contributed by atoms with Crippen molar-refractivity contribution < 1.29 is 79.9 Å². The van der Waals surface area contributed by atoms with Crippen molar-refractivity contribution in [2.45, 2.75) is 54.9 Å². The van der Waals surface area contributed by atoms with Gasteiger partial charge in [-0.2, -0.15) is 8.42 Å². The first-order valence-electron chi connectivity index (χ1n) is 7.69. The first-order valence-corrected chi connectivity index (χ1v) is 12.0. The molecule has 0 spiro atoms. The molecule has 0 aliphatic rings. The van der Waals surface area contributed by atoms with Gasteiger partial charge in [-0.15, -0.1) is 0 Å². The summed E-state index contributed by atoms with van der Waals surface area (Å²) in [6.07, 6.45) is 4.55. The summed E-state index contributed by atoms with van der Waals surface area (Å²) in [6, 6.07) is 0. The molecule has 2 atom stereocenters. The molecule has 0 aliphatic carbocycles. The van der Waals surface area contributed by atoms with Crippen molar-refractivity contribution in [2.24, 2.45) is 5.92 Å². The monoisotopic (exact) mass is 454 g/mol. The summed E-state index contributed by atoms with van der Waals surface area (Å²) < 4.78 is 63.0. The fraction of sp³-hybridized carbons (Fsp3) is 0.833. The van der Waals surface area contributed by atoms with Crippen LogP contribution in [0.4, 0.5) is 0 Å². The summed E-state index contributed by atoms with van der Waals surface area (Å²) in [5.74, 6) is -2.43. The zero-order valence-electron chi connectivity index (χ0n) is 15.9. The SMILES string of the molecule is CCCCC(CC)[CH2][Na].O=C(O)CC(C(=O)O)S(=O)(=O)O.O=S(=O)([O-])O.[Na+]. The molecule has 0 saturated heterocycles. The van der Waals surface area contributed by atoms with Crippen LogP contribution in [0.1, 0.15) is 46.0 Å². The maximum absolute atomic E-state index is 10.2. The molecule has 27 heavy (non-hydrogen) atoms. The third-order valence-corrected chi connectivity index (χ3v) is 5.36. The largest absolute Gasteiger partial charge is 1.00 e. The molecule has 0 aromatic rings. The second kappa shape index (κ2) is 18.7. The van der Waals surface area contributed by atoms with E-state index >= 15 is 0 Å². The molecule has 0 aliphatic heterocycles. The predicted molar refractivity (Wildman–Crippen MR) is 91.4 cm³/mol.